The number of carbonyl (C=O) groups excluding carboxylic acids is 2. The summed E-state index contributed by atoms with van der Waals surface area (Å²) in [4.78, 5) is 36.9. The normalized spacial score (nSPS) is 14.9. The van der Waals surface area contributed by atoms with Gasteiger partial charge < -0.3 is 9.73 Å². The number of hydrogen-bond donors (Lipinski definition) is 1. The van der Waals surface area contributed by atoms with Crippen molar-refractivity contribution in [2.24, 2.45) is 0 Å². The molecule has 1 saturated heterocycles. The van der Waals surface area contributed by atoms with Crippen LogP contribution in [0.2, 0.25) is 0 Å². The van der Waals surface area contributed by atoms with Gasteiger partial charge in [-0.25, -0.2) is 4.79 Å². The first-order chi connectivity index (χ1) is 14.8. The summed E-state index contributed by atoms with van der Waals surface area (Å²) in [6, 6.07) is 15.2. The van der Waals surface area contributed by atoms with E-state index in [-0.39, 0.29) is 17.9 Å². The highest BCUT2D eigenvalue weighted by Gasteiger charge is 2.33. The Morgan fingerprint density at radius 1 is 1.10 bits per heavy atom. The topological polar surface area (TPSA) is 106 Å². The minimum absolute atomic E-state index is 0.00108. The number of nitro groups is 1. The molecule has 8 nitrogen and oxygen atoms in total. The van der Waals surface area contributed by atoms with Gasteiger partial charge in [-0.1, -0.05) is 42.0 Å². The van der Waals surface area contributed by atoms with Crippen LogP contribution in [0.3, 0.4) is 0 Å². The van der Waals surface area contributed by atoms with Crippen LogP contribution in [0.25, 0.3) is 17.4 Å². The van der Waals surface area contributed by atoms with Crippen LogP contribution in [0.15, 0.2) is 64.7 Å². The molecule has 1 aromatic heterocycles. The molecule has 4 rings (SSSR count). The Morgan fingerprint density at radius 2 is 1.90 bits per heavy atom. The van der Waals surface area contributed by atoms with E-state index in [4.69, 9.17) is 4.42 Å². The summed E-state index contributed by atoms with van der Waals surface area (Å²) in [5.74, 6) is 0.318. The number of urea groups is 1. The van der Waals surface area contributed by atoms with Crippen LogP contribution >= 0.6 is 0 Å². The molecule has 0 atom stereocenters. The Hall–Kier alpha value is -4.20. The number of nitrogens with zero attached hydrogens (tertiary/aromatic N) is 2. The summed E-state index contributed by atoms with van der Waals surface area (Å²) >= 11 is 0. The number of imide groups is 1. The van der Waals surface area contributed by atoms with Crippen LogP contribution in [0.1, 0.15) is 22.5 Å². The van der Waals surface area contributed by atoms with Crippen molar-refractivity contribution in [1.82, 2.24) is 10.2 Å². The van der Waals surface area contributed by atoms with Gasteiger partial charge in [0.05, 0.1) is 11.5 Å². The van der Waals surface area contributed by atoms with Gasteiger partial charge in [0.25, 0.3) is 11.6 Å². The molecular weight excluding hydrogens is 398 g/mol. The standard InChI is InChI=1S/C23H19N3O5/c1-14-4-3-5-16(10-14)13-25-22(27)19(24-23(25)28)12-18-8-9-21(31-18)17-7-6-15(2)20(11-17)26(29)30/h3-12H,13H2,1-2H3,(H,24,28)/b19-12+. The predicted octanol–water partition coefficient (Wildman–Crippen LogP) is 4.56. The number of nitrogens with one attached hydrogen (secondary N) is 1. The zero-order chi connectivity index (χ0) is 22.1. The highest BCUT2D eigenvalue weighted by Crippen LogP contribution is 2.29. The van der Waals surface area contributed by atoms with Crippen molar-refractivity contribution < 1.29 is 18.9 Å². The maximum absolute atomic E-state index is 12.7. The van der Waals surface area contributed by atoms with Crippen molar-refractivity contribution in [3.63, 3.8) is 0 Å². The number of nitro benzene ring substituents is 1. The Bertz CT molecular complexity index is 1240. The van der Waals surface area contributed by atoms with Gasteiger partial charge >= 0.3 is 6.03 Å². The van der Waals surface area contributed by atoms with Crippen LogP contribution in [0, 0.1) is 24.0 Å². The maximum atomic E-state index is 12.7. The fourth-order valence-electron chi connectivity index (χ4n) is 3.40. The monoisotopic (exact) mass is 417 g/mol. The molecule has 2 aromatic carbocycles. The first kappa shape index (κ1) is 20.1. The summed E-state index contributed by atoms with van der Waals surface area (Å²) in [5.41, 5.74) is 3.10. The number of benzene rings is 2. The Kier molecular flexibility index (Phi) is 5.12. The molecule has 1 aliphatic heterocycles. The molecule has 0 bridgehead atoms. The van der Waals surface area contributed by atoms with Crippen LogP contribution < -0.4 is 5.32 Å². The van der Waals surface area contributed by atoms with Crippen molar-refractivity contribution in [2.45, 2.75) is 20.4 Å². The van der Waals surface area contributed by atoms with Crippen LogP contribution in [-0.2, 0) is 11.3 Å². The van der Waals surface area contributed by atoms with Crippen molar-refractivity contribution in [3.8, 4) is 11.3 Å². The molecule has 1 aliphatic rings. The second kappa shape index (κ2) is 7.91. The van der Waals surface area contributed by atoms with Crippen LogP contribution in [-0.4, -0.2) is 21.8 Å². The van der Waals surface area contributed by atoms with E-state index in [0.29, 0.717) is 22.6 Å². The molecule has 8 heteroatoms. The highest BCUT2D eigenvalue weighted by molar-refractivity contribution is 6.13. The predicted molar refractivity (Wildman–Crippen MR) is 114 cm³/mol. The molecule has 1 fully saturated rings. The van der Waals surface area contributed by atoms with Crippen molar-refractivity contribution in [2.75, 3.05) is 0 Å². The van der Waals surface area contributed by atoms with E-state index in [9.17, 15) is 19.7 Å². The summed E-state index contributed by atoms with van der Waals surface area (Å²) < 4.78 is 5.74. The lowest BCUT2D eigenvalue weighted by atomic mass is 10.1. The molecule has 0 unspecified atom stereocenters. The SMILES string of the molecule is Cc1cccc(CN2C(=O)N/C(=C/c3ccc(-c4ccc(C)c([N+](=O)[O-])c4)o3)C2=O)c1. The molecule has 156 valence electrons. The second-order valence-corrected chi connectivity index (χ2v) is 7.33. The third kappa shape index (κ3) is 4.09. The highest BCUT2D eigenvalue weighted by atomic mass is 16.6. The number of aryl methyl sites for hydroxylation is 2. The molecule has 0 saturated carbocycles. The van der Waals surface area contributed by atoms with Crippen LogP contribution in [0.4, 0.5) is 10.5 Å². The van der Waals surface area contributed by atoms with Gasteiger partial charge in [-0.3, -0.25) is 19.8 Å². The maximum Gasteiger partial charge on any atom is 0.329 e. The largest absolute Gasteiger partial charge is 0.457 e. The average Bonchev–Trinajstić information content (AvgIpc) is 3.29. The van der Waals surface area contributed by atoms with Gasteiger partial charge in [-0.05, 0) is 31.5 Å². The van der Waals surface area contributed by atoms with Crippen molar-refractivity contribution in [1.29, 1.82) is 0 Å². The van der Waals surface area contributed by atoms with Gasteiger partial charge in [0.1, 0.15) is 17.2 Å². The van der Waals surface area contributed by atoms with E-state index in [1.165, 1.54) is 12.1 Å². The molecule has 3 amide bonds. The summed E-state index contributed by atoms with van der Waals surface area (Å²) in [6.07, 6.45) is 1.45. The Balaban J connectivity index is 1.55. The number of carbonyl (C=O) groups is 2. The number of rotatable bonds is 5. The molecule has 0 spiro atoms. The number of hydrogen-bond acceptors (Lipinski definition) is 5. The lowest BCUT2D eigenvalue weighted by molar-refractivity contribution is -0.385. The third-order valence-corrected chi connectivity index (χ3v) is 4.99. The van der Waals surface area contributed by atoms with E-state index < -0.39 is 16.9 Å². The van der Waals surface area contributed by atoms with Gasteiger partial charge in [0, 0.05) is 23.3 Å². The molecule has 1 N–H and O–H groups in total. The van der Waals surface area contributed by atoms with Crippen molar-refractivity contribution in [3.05, 3.63) is 92.9 Å². The van der Waals surface area contributed by atoms with Gasteiger partial charge in [-0.2, -0.15) is 0 Å². The van der Waals surface area contributed by atoms with E-state index in [2.05, 4.69) is 5.32 Å². The van der Waals surface area contributed by atoms with Gasteiger partial charge in [-0.15, -0.1) is 0 Å². The Labute approximate surface area is 177 Å². The third-order valence-electron chi connectivity index (χ3n) is 4.99. The molecule has 0 aliphatic carbocycles. The molecule has 0 radical (unpaired) electrons. The lowest BCUT2D eigenvalue weighted by Gasteiger charge is -2.12. The van der Waals surface area contributed by atoms with Crippen LogP contribution in [0.5, 0.6) is 0 Å². The second-order valence-electron chi connectivity index (χ2n) is 7.33. The fraction of sp³-hybridized carbons (Fsp3) is 0.130. The van der Waals surface area contributed by atoms with Gasteiger partial charge in [0.2, 0.25) is 0 Å². The van der Waals surface area contributed by atoms with E-state index in [1.54, 1.807) is 31.2 Å². The first-order valence-electron chi connectivity index (χ1n) is 9.57. The van der Waals surface area contributed by atoms with E-state index in [0.717, 1.165) is 16.0 Å². The molecule has 31 heavy (non-hydrogen) atoms. The van der Waals surface area contributed by atoms with E-state index >= 15 is 0 Å². The molecular formula is C23H19N3O5. The zero-order valence-corrected chi connectivity index (χ0v) is 16.9. The number of furan rings is 1. The smallest absolute Gasteiger partial charge is 0.329 e. The number of amides is 3. The molecule has 2 heterocycles. The zero-order valence-electron chi connectivity index (χ0n) is 16.9. The minimum atomic E-state index is -0.501. The minimum Gasteiger partial charge on any atom is -0.457 e. The quantitative estimate of drug-likeness (QED) is 0.283. The summed E-state index contributed by atoms with van der Waals surface area (Å²) in [5, 5.41) is 13.7. The summed E-state index contributed by atoms with van der Waals surface area (Å²) in [6.45, 7) is 3.77. The average molecular weight is 417 g/mol. The Morgan fingerprint density at radius 3 is 2.65 bits per heavy atom. The van der Waals surface area contributed by atoms with Gasteiger partial charge in [0.15, 0.2) is 0 Å². The summed E-state index contributed by atoms with van der Waals surface area (Å²) in [7, 11) is 0. The first-order valence-corrected chi connectivity index (χ1v) is 9.57. The molecule has 3 aromatic rings. The van der Waals surface area contributed by atoms with Crippen molar-refractivity contribution >= 4 is 23.7 Å². The van der Waals surface area contributed by atoms with E-state index in [1.807, 2.05) is 31.2 Å². The lowest BCUT2D eigenvalue weighted by Crippen LogP contribution is -2.30. The fourth-order valence-corrected chi connectivity index (χ4v) is 3.40.